The molecule has 0 aliphatic heterocycles. The molecule has 0 fully saturated rings. The van der Waals surface area contributed by atoms with Gasteiger partial charge in [0.1, 0.15) is 17.1 Å². The first-order valence-electron chi connectivity index (χ1n) is 8.93. The molecular formula is C22H22O5. The predicted octanol–water partition coefficient (Wildman–Crippen LogP) is 4.73. The van der Waals surface area contributed by atoms with Gasteiger partial charge in [-0.15, -0.1) is 0 Å². The molecule has 0 aliphatic carbocycles. The van der Waals surface area contributed by atoms with Gasteiger partial charge in [-0.25, -0.2) is 4.79 Å². The Hall–Kier alpha value is -3.08. The summed E-state index contributed by atoms with van der Waals surface area (Å²) in [7, 11) is 0. The van der Waals surface area contributed by atoms with Crippen molar-refractivity contribution < 1.29 is 18.7 Å². The van der Waals surface area contributed by atoms with Crippen molar-refractivity contribution in [1.82, 2.24) is 0 Å². The van der Waals surface area contributed by atoms with Crippen LogP contribution in [0.25, 0.3) is 22.3 Å². The van der Waals surface area contributed by atoms with Gasteiger partial charge in [-0.3, -0.25) is 4.79 Å². The summed E-state index contributed by atoms with van der Waals surface area (Å²) in [4.78, 5) is 25.2. The van der Waals surface area contributed by atoms with E-state index in [0.29, 0.717) is 28.0 Å². The highest BCUT2D eigenvalue weighted by atomic mass is 16.5. The van der Waals surface area contributed by atoms with Crippen LogP contribution in [0.3, 0.4) is 0 Å². The summed E-state index contributed by atoms with van der Waals surface area (Å²) in [6.45, 7) is 7.54. The van der Waals surface area contributed by atoms with Crippen molar-refractivity contribution in [2.24, 2.45) is 0 Å². The predicted molar refractivity (Wildman–Crippen MR) is 104 cm³/mol. The Kier molecular flexibility index (Phi) is 5.31. The Morgan fingerprint density at radius 3 is 2.56 bits per heavy atom. The number of carbonyl (C=O) groups excluding carboxylic acids is 1. The number of esters is 1. The summed E-state index contributed by atoms with van der Waals surface area (Å²) in [6.07, 6.45) is -0.0336. The molecule has 0 atom stereocenters. The maximum atomic E-state index is 12.9. The number of carbonyl (C=O) groups is 1. The van der Waals surface area contributed by atoms with E-state index >= 15 is 0 Å². The van der Waals surface area contributed by atoms with Crippen LogP contribution in [0.15, 0.2) is 51.7 Å². The van der Waals surface area contributed by atoms with Crippen molar-refractivity contribution in [2.45, 2.75) is 33.8 Å². The first-order chi connectivity index (χ1) is 12.9. The molecule has 0 bridgehead atoms. The van der Waals surface area contributed by atoms with Gasteiger partial charge in [0.2, 0.25) is 0 Å². The summed E-state index contributed by atoms with van der Waals surface area (Å²) in [6, 6.07) is 12.3. The molecule has 3 rings (SSSR count). The van der Waals surface area contributed by atoms with Gasteiger partial charge in [0, 0.05) is 5.56 Å². The van der Waals surface area contributed by atoms with Crippen LogP contribution < -0.4 is 10.2 Å². The second-order valence-electron chi connectivity index (χ2n) is 6.45. The number of hydrogen-bond donors (Lipinski definition) is 0. The number of ether oxygens (including phenoxy) is 2. The van der Waals surface area contributed by atoms with Crippen LogP contribution in [0.1, 0.15) is 36.7 Å². The highest BCUT2D eigenvalue weighted by Gasteiger charge is 2.20. The minimum atomic E-state index is -0.521. The summed E-state index contributed by atoms with van der Waals surface area (Å²) < 4.78 is 17.1. The van der Waals surface area contributed by atoms with E-state index in [1.54, 1.807) is 32.0 Å². The van der Waals surface area contributed by atoms with E-state index in [-0.39, 0.29) is 29.3 Å². The fourth-order valence-corrected chi connectivity index (χ4v) is 2.95. The van der Waals surface area contributed by atoms with E-state index in [1.807, 2.05) is 38.1 Å². The zero-order chi connectivity index (χ0) is 19.6. The van der Waals surface area contributed by atoms with Gasteiger partial charge >= 0.3 is 5.97 Å². The first-order valence-corrected chi connectivity index (χ1v) is 8.93. The lowest BCUT2D eigenvalue weighted by molar-refractivity contribution is 0.0527. The SMILES string of the molecule is CCOC(=O)c1cccc2c(=O)c(C)c(-c3ccccc3OC(C)C)oc12. The molecule has 0 amide bonds. The standard InChI is InChI=1S/C22H22O5/c1-5-25-22(24)17-11-8-10-16-19(23)14(4)20(27-21(16)17)15-9-6-7-12-18(15)26-13(2)3/h6-13H,5H2,1-4H3. The zero-order valence-corrected chi connectivity index (χ0v) is 15.9. The Labute approximate surface area is 157 Å². The number of benzene rings is 2. The van der Waals surface area contributed by atoms with E-state index in [4.69, 9.17) is 13.9 Å². The minimum absolute atomic E-state index is 0.0336. The van der Waals surface area contributed by atoms with Crippen molar-refractivity contribution in [3.05, 3.63) is 63.8 Å². The molecular weight excluding hydrogens is 344 g/mol. The van der Waals surface area contributed by atoms with Crippen LogP contribution >= 0.6 is 0 Å². The Balaban J connectivity index is 2.30. The van der Waals surface area contributed by atoms with E-state index in [9.17, 15) is 9.59 Å². The Bertz CT molecular complexity index is 1050. The molecule has 5 nitrogen and oxygen atoms in total. The normalized spacial score (nSPS) is 11.0. The van der Waals surface area contributed by atoms with Gasteiger partial charge in [0.25, 0.3) is 0 Å². The van der Waals surface area contributed by atoms with Crippen LogP contribution in [-0.2, 0) is 4.74 Å². The highest BCUT2D eigenvalue weighted by Crippen LogP contribution is 2.34. The lowest BCUT2D eigenvalue weighted by atomic mass is 10.0. The lowest BCUT2D eigenvalue weighted by Crippen LogP contribution is -2.12. The topological polar surface area (TPSA) is 65.7 Å². The lowest BCUT2D eigenvalue weighted by Gasteiger charge is -2.15. The third kappa shape index (κ3) is 3.58. The van der Waals surface area contributed by atoms with Gasteiger partial charge in [-0.2, -0.15) is 0 Å². The van der Waals surface area contributed by atoms with Crippen molar-refractivity contribution in [1.29, 1.82) is 0 Å². The Morgan fingerprint density at radius 2 is 1.85 bits per heavy atom. The average molecular weight is 366 g/mol. The first kappa shape index (κ1) is 18.7. The Morgan fingerprint density at radius 1 is 1.11 bits per heavy atom. The molecule has 2 aromatic carbocycles. The number of rotatable bonds is 5. The van der Waals surface area contributed by atoms with Crippen LogP contribution in [0.4, 0.5) is 0 Å². The molecule has 140 valence electrons. The molecule has 0 N–H and O–H groups in total. The molecule has 0 aliphatic rings. The van der Waals surface area contributed by atoms with Crippen LogP contribution in [0.5, 0.6) is 5.75 Å². The van der Waals surface area contributed by atoms with Crippen molar-refractivity contribution in [3.63, 3.8) is 0 Å². The largest absolute Gasteiger partial charge is 0.490 e. The number of fused-ring (bicyclic) bond motifs is 1. The van der Waals surface area contributed by atoms with E-state index in [1.165, 1.54) is 0 Å². The minimum Gasteiger partial charge on any atom is -0.490 e. The van der Waals surface area contributed by atoms with Crippen molar-refractivity contribution >= 4 is 16.9 Å². The molecule has 0 spiro atoms. The monoisotopic (exact) mass is 366 g/mol. The molecule has 1 aromatic heterocycles. The van der Waals surface area contributed by atoms with Gasteiger partial charge in [-0.1, -0.05) is 18.2 Å². The number of para-hydroxylation sites is 2. The van der Waals surface area contributed by atoms with Crippen molar-refractivity contribution in [2.75, 3.05) is 6.61 Å². The van der Waals surface area contributed by atoms with Crippen LogP contribution in [0, 0.1) is 6.92 Å². The van der Waals surface area contributed by atoms with Crippen LogP contribution in [0.2, 0.25) is 0 Å². The summed E-state index contributed by atoms with van der Waals surface area (Å²) in [5, 5.41) is 0.351. The molecule has 3 aromatic rings. The van der Waals surface area contributed by atoms with E-state index in [2.05, 4.69) is 0 Å². The van der Waals surface area contributed by atoms with Gasteiger partial charge in [0.05, 0.1) is 23.7 Å². The second kappa shape index (κ2) is 7.66. The molecule has 0 saturated heterocycles. The summed E-state index contributed by atoms with van der Waals surface area (Å²) in [5.41, 5.74) is 1.40. The van der Waals surface area contributed by atoms with E-state index in [0.717, 1.165) is 0 Å². The molecule has 27 heavy (non-hydrogen) atoms. The molecule has 1 heterocycles. The van der Waals surface area contributed by atoms with Crippen LogP contribution in [-0.4, -0.2) is 18.7 Å². The zero-order valence-electron chi connectivity index (χ0n) is 15.9. The molecule has 0 saturated carbocycles. The van der Waals surface area contributed by atoms with E-state index < -0.39 is 5.97 Å². The third-order valence-electron chi connectivity index (χ3n) is 4.13. The number of hydrogen-bond acceptors (Lipinski definition) is 5. The average Bonchev–Trinajstić information content (AvgIpc) is 2.64. The third-order valence-corrected chi connectivity index (χ3v) is 4.13. The van der Waals surface area contributed by atoms with Gasteiger partial charge < -0.3 is 13.9 Å². The fraction of sp³-hybridized carbons (Fsp3) is 0.273. The molecule has 0 unspecified atom stereocenters. The van der Waals surface area contributed by atoms with Gasteiger partial charge in [0.15, 0.2) is 11.0 Å². The second-order valence-corrected chi connectivity index (χ2v) is 6.45. The maximum Gasteiger partial charge on any atom is 0.341 e. The summed E-state index contributed by atoms with van der Waals surface area (Å²) >= 11 is 0. The smallest absolute Gasteiger partial charge is 0.341 e. The van der Waals surface area contributed by atoms with Crippen molar-refractivity contribution in [3.8, 4) is 17.1 Å². The fourth-order valence-electron chi connectivity index (χ4n) is 2.95. The summed E-state index contributed by atoms with van der Waals surface area (Å²) in [5.74, 6) is 0.486. The molecule has 0 radical (unpaired) electrons. The quantitative estimate of drug-likeness (QED) is 0.611. The van der Waals surface area contributed by atoms with Gasteiger partial charge in [-0.05, 0) is 52.0 Å². The highest BCUT2D eigenvalue weighted by molar-refractivity contribution is 6.02. The molecule has 5 heteroatoms. The maximum absolute atomic E-state index is 12.9.